The molecule has 2 aromatic rings. The monoisotopic (exact) mass is 356 g/mol. The van der Waals surface area contributed by atoms with Crippen molar-refractivity contribution >= 4 is 18.3 Å². The minimum atomic E-state index is -0.503. The fourth-order valence-electron chi connectivity index (χ4n) is 2.26. The Morgan fingerprint density at radius 2 is 2.21 bits per heavy atom. The van der Waals surface area contributed by atoms with E-state index in [9.17, 15) is 9.18 Å². The van der Waals surface area contributed by atoms with Gasteiger partial charge in [-0.1, -0.05) is 6.07 Å². The van der Waals surface area contributed by atoms with Gasteiger partial charge < -0.3 is 15.4 Å². The number of likely N-dealkylation sites (N-methyl/N-ethyl adjacent to an activating group) is 1. The van der Waals surface area contributed by atoms with Gasteiger partial charge in [-0.3, -0.25) is 9.48 Å². The number of ether oxygens (including phenoxy) is 1. The number of aromatic nitrogens is 2. The van der Waals surface area contributed by atoms with Crippen LogP contribution >= 0.6 is 12.4 Å². The van der Waals surface area contributed by atoms with Crippen LogP contribution in [0.25, 0.3) is 0 Å². The summed E-state index contributed by atoms with van der Waals surface area (Å²) in [6, 6.07) is 4.16. The molecular formula is C16H22ClFN4O2. The van der Waals surface area contributed by atoms with E-state index in [1.807, 2.05) is 0 Å². The van der Waals surface area contributed by atoms with Crippen molar-refractivity contribution < 1.29 is 13.9 Å². The number of benzene rings is 1. The van der Waals surface area contributed by atoms with E-state index in [1.54, 1.807) is 50.2 Å². The number of carbonyl (C=O) groups is 1. The van der Waals surface area contributed by atoms with Gasteiger partial charge in [0, 0.05) is 25.4 Å². The van der Waals surface area contributed by atoms with Crippen molar-refractivity contribution in [2.75, 3.05) is 13.7 Å². The van der Waals surface area contributed by atoms with Gasteiger partial charge in [0.2, 0.25) is 5.91 Å². The highest BCUT2D eigenvalue weighted by atomic mass is 35.5. The third kappa shape index (κ3) is 4.94. The van der Waals surface area contributed by atoms with Crippen molar-refractivity contribution in [3.63, 3.8) is 0 Å². The van der Waals surface area contributed by atoms with Crippen LogP contribution < -0.4 is 15.4 Å². The molecule has 0 bridgehead atoms. The van der Waals surface area contributed by atoms with Gasteiger partial charge in [-0.2, -0.15) is 5.10 Å². The second-order valence-electron chi connectivity index (χ2n) is 5.08. The standard InChI is InChI=1S/C16H21FN4O2.ClH/c1-4-23-14-6-5-11(7-13(14)17)8-19-16(22)15(18-2)12-9-20-21(3)10-12;/h5-7,9-10,15,18H,4,8H2,1-3H3,(H,19,22);1H. The number of amides is 1. The van der Waals surface area contributed by atoms with E-state index in [2.05, 4.69) is 15.7 Å². The molecule has 24 heavy (non-hydrogen) atoms. The Bertz CT molecular complexity index is 678. The van der Waals surface area contributed by atoms with Crippen molar-refractivity contribution in [3.8, 4) is 5.75 Å². The largest absolute Gasteiger partial charge is 0.491 e. The third-order valence-electron chi connectivity index (χ3n) is 3.37. The number of hydrogen-bond acceptors (Lipinski definition) is 4. The van der Waals surface area contributed by atoms with Crippen LogP contribution in [0.2, 0.25) is 0 Å². The number of rotatable bonds is 7. The molecule has 0 saturated heterocycles. The Morgan fingerprint density at radius 3 is 2.75 bits per heavy atom. The lowest BCUT2D eigenvalue weighted by Gasteiger charge is -2.15. The van der Waals surface area contributed by atoms with Crippen LogP contribution in [0, 0.1) is 5.82 Å². The highest BCUT2D eigenvalue weighted by Gasteiger charge is 2.19. The first-order chi connectivity index (χ1) is 11.0. The van der Waals surface area contributed by atoms with E-state index >= 15 is 0 Å². The molecule has 2 N–H and O–H groups in total. The van der Waals surface area contributed by atoms with Crippen LogP contribution in [-0.2, 0) is 18.4 Å². The zero-order valence-corrected chi connectivity index (χ0v) is 14.7. The normalized spacial score (nSPS) is 11.5. The molecule has 1 atom stereocenters. The first-order valence-corrected chi connectivity index (χ1v) is 7.40. The number of hydrogen-bond donors (Lipinski definition) is 2. The number of nitrogens with zero attached hydrogens (tertiary/aromatic N) is 2. The van der Waals surface area contributed by atoms with E-state index in [0.29, 0.717) is 12.2 Å². The molecule has 0 saturated carbocycles. The molecule has 2 rings (SSSR count). The molecule has 0 aliphatic carbocycles. The SMILES string of the molecule is CCOc1ccc(CNC(=O)C(NC)c2cnn(C)c2)cc1F.Cl. The summed E-state index contributed by atoms with van der Waals surface area (Å²) >= 11 is 0. The lowest BCUT2D eigenvalue weighted by molar-refractivity contribution is -0.123. The van der Waals surface area contributed by atoms with Crippen molar-refractivity contribution in [1.29, 1.82) is 0 Å². The van der Waals surface area contributed by atoms with E-state index < -0.39 is 11.9 Å². The average molecular weight is 357 g/mol. The molecule has 0 spiro atoms. The topological polar surface area (TPSA) is 68.2 Å². The number of aryl methyl sites for hydroxylation is 1. The van der Waals surface area contributed by atoms with E-state index in [4.69, 9.17) is 4.74 Å². The average Bonchev–Trinajstić information content (AvgIpc) is 2.95. The Hall–Kier alpha value is -2.12. The summed E-state index contributed by atoms with van der Waals surface area (Å²) in [7, 11) is 3.49. The van der Waals surface area contributed by atoms with Crippen molar-refractivity contribution in [2.45, 2.75) is 19.5 Å². The smallest absolute Gasteiger partial charge is 0.242 e. The predicted molar refractivity (Wildman–Crippen MR) is 91.7 cm³/mol. The third-order valence-corrected chi connectivity index (χ3v) is 3.37. The molecule has 1 heterocycles. The second-order valence-corrected chi connectivity index (χ2v) is 5.08. The van der Waals surface area contributed by atoms with Gasteiger partial charge in [0.1, 0.15) is 6.04 Å². The maximum Gasteiger partial charge on any atom is 0.242 e. The molecule has 6 nitrogen and oxygen atoms in total. The number of halogens is 2. The van der Waals surface area contributed by atoms with Gasteiger partial charge in [-0.15, -0.1) is 12.4 Å². The highest BCUT2D eigenvalue weighted by Crippen LogP contribution is 2.18. The molecule has 0 radical (unpaired) electrons. The zero-order valence-electron chi connectivity index (χ0n) is 13.9. The fraction of sp³-hybridized carbons (Fsp3) is 0.375. The molecule has 132 valence electrons. The summed E-state index contributed by atoms with van der Waals surface area (Å²) in [6.45, 7) is 2.44. The van der Waals surface area contributed by atoms with Crippen LogP contribution in [0.1, 0.15) is 24.1 Å². The van der Waals surface area contributed by atoms with E-state index in [1.165, 1.54) is 6.07 Å². The van der Waals surface area contributed by atoms with E-state index in [0.717, 1.165) is 5.56 Å². The van der Waals surface area contributed by atoms with Crippen molar-refractivity contribution in [1.82, 2.24) is 20.4 Å². The molecular weight excluding hydrogens is 335 g/mol. The first-order valence-electron chi connectivity index (χ1n) is 7.40. The Labute approximate surface area is 146 Å². The van der Waals surface area contributed by atoms with Crippen LogP contribution in [0.3, 0.4) is 0 Å². The summed E-state index contributed by atoms with van der Waals surface area (Å²) in [5.74, 6) is -0.420. The maximum atomic E-state index is 13.8. The van der Waals surface area contributed by atoms with Gasteiger partial charge >= 0.3 is 0 Å². The molecule has 1 aromatic heterocycles. The lowest BCUT2D eigenvalue weighted by Crippen LogP contribution is -2.35. The van der Waals surface area contributed by atoms with E-state index in [-0.39, 0.29) is 30.6 Å². The quantitative estimate of drug-likeness (QED) is 0.795. The lowest BCUT2D eigenvalue weighted by atomic mass is 10.1. The molecule has 0 aliphatic heterocycles. The zero-order chi connectivity index (χ0) is 16.8. The summed E-state index contributed by atoms with van der Waals surface area (Å²) in [5, 5.41) is 9.79. The summed E-state index contributed by atoms with van der Waals surface area (Å²) < 4.78 is 20.6. The number of carbonyl (C=O) groups excluding carboxylic acids is 1. The van der Waals surface area contributed by atoms with Crippen LogP contribution in [-0.4, -0.2) is 29.3 Å². The minimum Gasteiger partial charge on any atom is -0.491 e. The molecule has 1 unspecified atom stereocenters. The molecule has 0 aliphatic rings. The minimum absolute atomic E-state index is 0. The Balaban J connectivity index is 0.00000288. The summed E-state index contributed by atoms with van der Waals surface area (Å²) in [5.41, 5.74) is 1.44. The van der Waals surface area contributed by atoms with Gasteiger partial charge in [-0.05, 0) is 31.7 Å². The molecule has 1 aromatic carbocycles. The maximum absolute atomic E-state index is 13.8. The van der Waals surface area contributed by atoms with Gasteiger partial charge in [0.05, 0.1) is 12.8 Å². The second kappa shape index (κ2) is 9.24. The van der Waals surface area contributed by atoms with Crippen LogP contribution in [0.15, 0.2) is 30.6 Å². The van der Waals surface area contributed by atoms with Crippen molar-refractivity contribution in [3.05, 3.63) is 47.5 Å². The summed E-state index contributed by atoms with van der Waals surface area (Å²) in [4.78, 5) is 12.3. The predicted octanol–water partition coefficient (Wildman–Crippen LogP) is 1.96. The van der Waals surface area contributed by atoms with Gasteiger partial charge in [0.25, 0.3) is 0 Å². The fourth-order valence-corrected chi connectivity index (χ4v) is 2.26. The summed E-state index contributed by atoms with van der Waals surface area (Å²) in [6.07, 6.45) is 3.41. The van der Waals surface area contributed by atoms with Gasteiger partial charge in [-0.25, -0.2) is 4.39 Å². The Morgan fingerprint density at radius 1 is 1.46 bits per heavy atom. The van der Waals surface area contributed by atoms with Crippen LogP contribution in [0.5, 0.6) is 5.75 Å². The van der Waals surface area contributed by atoms with Gasteiger partial charge in [0.15, 0.2) is 11.6 Å². The first kappa shape index (κ1) is 19.9. The Kier molecular flexibility index (Phi) is 7.67. The van der Waals surface area contributed by atoms with Crippen LogP contribution in [0.4, 0.5) is 4.39 Å². The molecule has 0 fully saturated rings. The highest BCUT2D eigenvalue weighted by molar-refractivity contribution is 5.85. The van der Waals surface area contributed by atoms with Crippen molar-refractivity contribution in [2.24, 2.45) is 7.05 Å². The molecule has 1 amide bonds. The molecule has 8 heteroatoms. The number of nitrogens with one attached hydrogen (secondary N) is 2.